The largest absolute Gasteiger partial charge is 0.460 e. The van der Waals surface area contributed by atoms with Crippen molar-refractivity contribution in [2.24, 2.45) is 10.9 Å². The molecule has 2 fully saturated rings. The predicted octanol–water partition coefficient (Wildman–Crippen LogP) is -0.960. The summed E-state index contributed by atoms with van der Waals surface area (Å²) in [6.07, 6.45) is -2.47. The smallest absolute Gasteiger partial charge is 0.285 e. The van der Waals surface area contributed by atoms with E-state index in [-0.39, 0.29) is 12.7 Å². The van der Waals surface area contributed by atoms with Crippen molar-refractivity contribution in [3.8, 4) is 0 Å². The zero-order chi connectivity index (χ0) is 11.0. The minimum Gasteiger partial charge on any atom is -0.460 e. The maximum atomic E-state index is 13.7. The molecule has 0 unspecified atom stereocenters. The molecule has 6 heteroatoms. The molecule has 1 aliphatic heterocycles. The minimum atomic E-state index is -1.43. The summed E-state index contributed by atoms with van der Waals surface area (Å²) in [7, 11) is 1.55. The molecule has 1 aliphatic carbocycles. The molecule has 0 spiro atoms. The van der Waals surface area contributed by atoms with Crippen LogP contribution in [0, 0.1) is 5.92 Å². The quantitative estimate of drug-likeness (QED) is 0.530. The van der Waals surface area contributed by atoms with Crippen LogP contribution in [0.4, 0.5) is 4.39 Å². The Hall–Kier alpha value is -0.880. The molecule has 1 saturated carbocycles. The molecular formula is C9H15FN2O3. The maximum absolute atomic E-state index is 13.7. The fraction of sp³-hybridized carbons (Fsp3) is 0.889. The van der Waals surface area contributed by atoms with Crippen LogP contribution < -0.4 is 5.32 Å². The van der Waals surface area contributed by atoms with Crippen molar-refractivity contribution in [3.63, 3.8) is 0 Å². The van der Waals surface area contributed by atoms with Crippen molar-refractivity contribution in [2.75, 3.05) is 13.7 Å². The summed E-state index contributed by atoms with van der Waals surface area (Å²) < 4.78 is 19.1. The van der Waals surface area contributed by atoms with Crippen molar-refractivity contribution in [3.05, 3.63) is 0 Å². The first kappa shape index (κ1) is 10.6. The molecule has 0 amide bonds. The van der Waals surface area contributed by atoms with Gasteiger partial charge in [0.05, 0.1) is 6.10 Å². The predicted molar refractivity (Wildman–Crippen MR) is 51.3 cm³/mol. The Labute approximate surface area is 87.0 Å². The van der Waals surface area contributed by atoms with Gasteiger partial charge in [-0.25, -0.2) is 9.38 Å². The lowest BCUT2D eigenvalue weighted by Gasteiger charge is -2.35. The minimum absolute atomic E-state index is 0.229. The number of alkyl halides is 1. The second-order valence-electron chi connectivity index (χ2n) is 3.97. The van der Waals surface area contributed by atoms with Gasteiger partial charge in [0.15, 0.2) is 0 Å². The normalized spacial score (nSPS) is 47.2. The molecule has 2 aliphatic rings. The van der Waals surface area contributed by atoms with Gasteiger partial charge in [0.2, 0.25) is 0 Å². The third-order valence-electron chi connectivity index (χ3n) is 3.08. The third kappa shape index (κ3) is 1.68. The number of amidine groups is 1. The average Bonchev–Trinajstić information content (AvgIpc) is 2.66. The van der Waals surface area contributed by atoms with Crippen molar-refractivity contribution >= 4 is 6.02 Å². The highest BCUT2D eigenvalue weighted by Gasteiger charge is 2.49. The summed E-state index contributed by atoms with van der Waals surface area (Å²) in [6, 6.07) is -0.250. The molecule has 1 heterocycles. The Balaban J connectivity index is 2.13. The number of ether oxygens (including phenoxy) is 1. The molecule has 0 aromatic carbocycles. The number of halogens is 1. The first-order valence-electron chi connectivity index (χ1n) is 5.00. The summed E-state index contributed by atoms with van der Waals surface area (Å²) in [5, 5.41) is 21.3. The molecule has 5 atom stereocenters. The molecule has 5 nitrogen and oxygen atoms in total. The lowest BCUT2D eigenvalue weighted by atomic mass is 9.81. The number of aliphatic hydroxyl groups excluding tert-OH is 2. The van der Waals surface area contributed by atoms with Crippen molar-refractivity contribution in [2.45, 2.75) is 30.8 Å². The summed E-state index contributed by atoms with van der Waals surface area (Å²) in [4.78, 5) is 3.79. The van der Waals surface area contributed by atoms with E-state index < -0.39 is 24.2 Å². The maximum Gasteiger partial charge on any atom is 0.285 e. The van der Waals surface area contributed by atoms with Crippen LogP contribution in [0.25, 0.3) is 0 Å². The first-order valence-corrected chi connectivity index (χ1v) is 5.00. The Bertz CT molecular complexity index is 274. The number of hydrogen-bond donors (Lipinski definition) is 3. The Morgan fingerprint density at radius 1 is 1.67 bits per heavy atom. The van der Waals surface area contributed by atoms with E-state index in [1.54, 1.807) is 7.05 Å². The van der Waals surface area contributed by atoms with E-state index in [4.69, 9.17) is 9.84 Å². The van der Waals surface area contributed by atoms with Gasteiger partial charge in [0, 0.05) is 19.6 Å². The van der Waals surface area contributed by atoms with Gasteiger partial charge in [-0.1, -0.05) is 0 Å². The van der Waals surface area contributed by atoms with Crippen LogP contribution in [0.1, 0.15) is 6.42 Å². The molecule has 0 aromatic heterocycles. The van der Waals surface area contributed by atoms with Gasteiger partial charge >= 0.3 is 0 Å². The second kappa shape index (κ2) is 3.94. The number of nitrogens with one attached hydrogen (secondary N) is 1. The molecule has 0 radical (unpaired) electrons. The SMILES string of the molecule is CN=C1N[C@@H]2[C@H](F)[C@@H](O)[C@@H](CO)C[C@@H]2O1. The zero-order valence-corrected chi connectivity index (χ0v) is 8.43. The van der Waals surface area contributed by atoms with E-state index in [2.05, 4.69) is 10.3 Å². The lowest BCUT2D eigenvalue weighted by Crippen LogP contribution is -2.54. The van der Waals surface area contributed by atoms with Crippen LogP contribution in [0.5, 0.6) is 0 Å². The Kier molecular flexibility index (Phi) is 2.79. The summed E-state index contributed by atoms with van der Waals surface area (Å²) in [6.45, 7) is -0.229. The molecule has 86 valence electrons. The fourth-order valence-corrected chi connectivity index (χ4v) is 2.18. The molecule has 3 N–H and O–H groups in total. The molecule has 0 bridgehead atoms. The van der Waals surface area contributed by atoms with Crippen LogP contribution in [0.3, 0.4) is 0 Å². The highest BCUT2D eigenvalue weighted by atomic mass is 19.1. The van der Waals surface area contributed by atoms with Crippen LogP contribution in [0.15, 0.2) is 4.99 Å². The van der Waals surface area contributed by atoms with Gasteiger partial charge in [0.1, 0.15) is 18.3 Å². The molecule has 15 heavy (non-hydrogen) atoms. The highest BCUT2D eigenvalue weighted by molar-refractivity contribution is 5.76. The second-order valence-corrected chi connectivity index (χ2v) is 3.97. The molecule has 1 saturated heterocycles. The van der Waals surface area contributed by atoms with E-state index >= 15 is 0 Å². The standard InChI is InChI=1S/C9H15FN2O3/c1-11-9-12-7-5(15-9)2-4(3-13)8(14)6(7)10/h4-8,13-14H,2-3H2,1H3,(H,11,12)/t4-,5+,6+,7+,8+/m1/s1. The van der Waals surface area contributed by atoms with Crippen LogP contribution in [-0.2, 0) is 4.74 Å². The van der Waals surface area contributed by atoms with Gasteiger partial charge < -0.3 is 20.3 Å². The summed E-state index contributed by atoms with van der Waals surface area (Å²) >= 11 is 0. The average molecular weight is 218 g/mol. The van der Waals surface area contributed by atoms with E-state index in [9.17, 15) is 9.50 Å². The molecule has 2 rings (SSSR count). The first-order chi connectivity index (χ1) is 7.17. The van der Waals surface area contributed by atoms with Gasteiger partial charge in [0.25, 0.3) is 6.02 Å². The topological polar surface area (TPSA) is 74.1 Å². The summed E-state index contributed by atoms with van der Waals surface area (Å²) in [5.41, 5.74) is 0. The monoisotopic (exact) mass is 218 g/mol. The fourth-order valence-electron chi connectivity index (χ4n) is 2.18. The number of hydrogen-bond acceptors (Lipinski definition) is 4. The van der Waals surface area contributed by atoms with Crippen molar-refractivity contribution in [1.29, 1.82) is 0 Å². The zero-order valence-electron chi connectivity index (χ0n) is 8.43. The van der Waals surface area contributed by atoms with E-state index in [0.29, 0.717) is 12.4 Å². The van der Waals surface area contributed by atoms with Crippen LogP contribution >= 0.6 is 0 Å². The van der Waals surface area contributed by atoms with Gasteiger partial charge in [-0.05, 0) is 6.42 Å². The number of aliphatic hydroxyl groups is 2. The third-order valence-corrected chi connectivity index (χ3v) is 3.08. The van der Waals surface area contributed by atoms with Crippen molar-refractivity contribution in [1.82, 2.24) is 5.32 Å². The van der Waals surface area contributed by atoms with Crippen LogP contribution in [0.2, 0.25) is 0 Å². The number of fused-ring (bicyclic) bond motifs is 1. The van der Waals surface area contributed by atoms with Gasteiger partial charge in [-0.15, -0.1) is 0 Å². The van der Waals surface area contributed by atoms with E-state index in [1.165, 1.54) is 0 Å². The highest BCUT2D eigenvalue weighted by Crippen LogP contribution is 2.32. The molecule has 0 aromatic rings. The molecular weight excluding hydrogens is 203 g/mol. The van der Waals surface area contributed by atoms with E-state index in [0.717, 1.165) is 0 Å². The number of aliphatic imine (C=N–C) groups is 1. The van der Waals surface area contributed by atoms with E-state index in [1.807, 2.05) is 0 Å². The number of rotatable bonds is 1. The Morgan fingerprint density at radius 2 is 2.40 bits per heavy atom. The van der Waals surface area contributed by atoms with Crippen molar-refractivity contribution < 1.29 is 19.3 Å². The van der Waals surface area contributed by atoms with Gasteiger partial charge in [-0.2, -0.15) is 0 Å². The number of nitrogens with zero attached hydrogens (tertiary/aromatic N) is 1. The van der Waals surface area contributed by atoms with Gasteiger partial charge in [-0.3, -0.25) is 0 Å². The Morgan fingerprint density at radius 3 is 3.00 bits per heavy atom. The summed E-state index contributed by atoms with van der Waals surface area (Å²) in [5.74, 6) is -0.459. The van der Waals surface area contributed by atoms with Crippen LogP contribution in [-0.4, -0.2) is 54.3 Å². The lowest BCUT2D eigenvalue weighted by molar-refractivity contribution is -0.0626.